The van der Waals surface area contributed by atoms with Crippen molar-refractivity contribution in [3.8, 4) is 11.1 Å². The number of carbonyl (C=O) groups is 1. The maximum Gasteiger partial charge on any atom is 0.336 e. The van der Waals surface area contributed by atoms with Crippen molar-refractivity contribution in [3.05, 3.63) is 47.2 Å². The molecule has 0 fully saturated rings. The van der Waals surface area contributed by atoms with Crippen LogP contribution in [0.4, 0.5) is 0 Å². The number of hydrogen-bond donors (Lipinski definition) is 1. The van der Waals surface area contributed by atoms with E-state index in [4.69, 9.17) is 11.6 Å². The zero-order chi connectivity index (χ0) is 14.9. The molecule has 0 unspecified atom stereocenters. The Labute approximate surface area is 120 Å². The van der Waals surface area contributed by atoms with Crippen LogP contribution in [0.3, 0.4) is 0 Å². The molecule has 0 saturated carbocycles. The van der Waals surface area contributed by atoms with Gasteiger partial charge in [0.15, 0.2) is 9.84 Å². The molecule has 0 saturated heterocycles. The molecule has 0 aliphatic heterocycles. The van der Waals surface area contributed by atoms with Gasteiger partial charge in [0.05, 0.1) is 10.5 Å². The number of halogens is 1. The summed E-state index contributed by atoms with van der Waals surface area (Å²) in [5.41, 5.74) is 0.734. The normalized spacial score (nSPS) is 11.3. The minimum Gasteiger partial charge on any atom is -0.478 e. The predicted octanol–water partition coefficient (Wildman–Crippen LogP) is 2.50. The maximum atomic E-state index is 11.5. The zero-order valence-electron chi connectivity index (χ0n) is 10.4. The number of benzene rings is 1. The van der Waals surface area contributed by atoms with Crippen LogP contribution >= 0.6 is 11.6 Å². The molecule has 0 atom stereocenters. The SMILES string of the molecule is CS(=O)(=O)c1cccc(-c2cnc(Cl)cc2C(=O)O)c1. The third-order valence-corrected chi connectivity index (χ3v) is 3.99. The number of aromatic nitrogens is 1. The van der Waals surface area contributed by atoms with Gasteiger partial charge in [-0.3, -0.25) is 0 Å². The van der Waals surface area contributed by atoms with Crippen molar-refractivity contribution >= 4 is 27.4 Å². The summed E-state index contributed by atoms with van der Waals surface area (Å²) in [6, 6.07) is 7.25. The van der Waals surface area contributed by atoms with E-state index in [0.29, 0.717) is 11.1 Å². The minimum atomic E-state index is -3.37. The van der Waals surface area contributed by atoms with Crippen molar-refractivity contribution in [2.24, 2.45) is 0 Å². The zero-order valence-corrected chi connectivity index (χ0v) is 11.9. The fourth-order valence-corrected chi connectivity index (χ4v) is 2.56. The molecule has 5 nitrogen and oxygen atoms in total. The maximum absolute atomic E-state index is 11.5. The second kappa shape index (κ2) is 5.22. The molecule has 0 radical (unpaired) electrons. The van der Waals surface area contributed by atoms with E-state index in [2.05, 4.69) is 4.98 Å². The molecule has 1 heterocycles. The number of pyridine rings is 1. The van der Waals surface area contributed by atoms with Crippen LogP contribution in [0.15, 0.2) is 41.4 Å². The molecule has 0 aliphatic rings. The van der Waals surface area contributed by atoms with Gasteiger partial charge >= 0.3 is 5.97 Å². The molecular weight excluding hydrogens is 302 g/mol. The molecule has 1 aromatic carbocycles. The Morgan fingerprint density at radius 2 is 2.00 bits per heavy atom. The lowest BCUT2D eigenvalue weighted by Gasteiger charge is -2.07. The first-order chi connectivity index (χ1) is 9.29. The molecule has 2 rings (SSSR count). The summed E-state index contributed by atoms with van der Waals surface area (Å²) in [5.74, 6) is -1.16. The number of nitrogens with zero attached hydrogens (tertiary/aromatic N) is 1. The first-order valence-electron chi connectivity index (χ1n) is 5.48. The van der Waals surface area contributed by atoms with E-state index < -0.39 is 15.8 Å². The topological polar surface area (TPSA) is 84.3 Å². The van der Waals surface area contributed by atoms with Gasteiger partial charge in [0.25, 0.3) is 0 Å². The smallest absolute Gasteiger partial charge is 0.336 e. The summed E-state index contributed by atoms with van der Waals surface area (Å²) in [6.45, 7) is 0. The van der Waals surface area contributed by atoms with Gasteiger partial charge < -0.3 is 5.11 Å². The van der Waals surface area contributed by atoms with Crippen LogP contribution < -0.4 is 0 Å². The first-order valence-corrected chi connectivity index (χ1v) is 7.75. The van der Waals surface area contributed by atoms with Crippen LogP contribution in [-0.2, 0) is 9.84 Å². The van der Waals surface area contributed by atoms with Gasteiger partial charge in [0, 0.05) is 18.0 Å². The second-order valence-corrected chi connectivity index (χ2v) is 6.56. The quantitative estimate of drug-likeness (QED) is 0.880. The average Bonchev–Trinajstić information content (AvgIpc) is 2.37. The Hall–Kier alpha value is -1.92. The number of hydrogen-bond acceptors (Lipinski definition) is 4. The molecule has 1 N–H and O–H groups in total. The highest BCUT2D eigenvalue weighted by atomic mass is 35.5. The van der Waals surface area contributed by atoms with Gasteiger partial charge in [0.1, 0.15) is 5.15 Å². The molecular formula is C13H10ClNO4S. The highest BCUT2D eigenvalue weighted by Gasteiger charge is 2.15. The lowest BCUT2D eigenvalue weighted by molar-refractivity contribution is 0.0697. The Bertz CT molecular complexity index is 787. The highest BCUT2D eigenvalue weighted by Crippen LogP contribution is 2.27. The van der Waals surface area contributed by atoms with Crippen LogP contribution in [0.1, 0.15) is 10.4 Å². The summed E-state index contributed by atoms with van der Waals surface area (Å²) < 4.78 is 23.1. The predicted molar refractivity (Wildman–Crippen MR) is 74.8 cm³/mol. The largest absolute Gasteiger partial charge is 0.478 e. The molecule has 0 aliphatic carbocycles. The third-order valence-electron chi connectivity index (χ3n) is 2.67. The van der Waals surface area contributed by atoms with E-state index >= 15 is 0 Å². The summed E-state index contributed by atoms with van der Waals surface area (Å²) in [7, 11) is -3.37. The molecule has 20 heavy (non-hydrogen) atoms. The fourth-order valence-electron chi connectivity index (χ4n) is 1.73. The Morgan fingerprint density at radius 3 is 2.60 bits per heavy atom. The van der Waals surface area contributed by atoms with Crippen molar-refractivity contribution in [1.29, 1.82) is 0 Å². The fraction of sp³-hybridized carbons (Fsp3) is 0.0769. The van der Waals surface area contributed by atoms with Crippen molar-refractivity contribution in [3.63, 3.8) is 0 Å². The average molecular weight is 312 g/mol. The second-order valence-electron chi connectivity index (χ2n) is 4.16. The summed E-state index contributed by atoms with van der Waals surface area (Å²) >= 11 is 5.68. The van der Waals surface area contributed by atoms with Crippen LogP contribution in [0, 0.1) is 0 Å². The van der Waals surface area contributed by atoms with Gasteiger partial charge in [0.2, 0.25) is 0 Å². The van der Waals surface area contributed by atoms with E-state index in [0.717, 1.165) is 6.26 Å². The first kappa shape index (κ1) is 14.5. The van der Waals surface area contributed by atoms with Gasteiger partial charge in [-0.25, -0.2) is 18.2 Å². The van der Waals surface area contributed by atoms with Crippen molar-refractivity contribution in [2.75, 3.05) is 6.26 Å². The number of sulfone groups is 1. The lowest BCUT2D eigenvalue weighted by atomic mass is 10.0. The van der Waals surface area contributed by atoms with Crippen LogP contribution in [0.2, 0.25) is 5.15 Å². The highest BCUT2D eigenvalue weighted by molar-refractivity contribution is 7.90. The van der Waals surface area contributed by atoms with E-state index in [-0.39, 0.29) is 15.6 Å². The van der Waals surface area contributed by atoms with E-state index in [1.54, 1.807) is 12.1 Å². The summed E-state index contributed by atoms with van der Waals surface area (Å²) in [5, 5.41) is 9.24. The number of aromatic carboxylic acids is 1. The molecule has 0 bridgehead atoms. The Morgan fingerprint density at radius 1 is 1.30 bits per heavy atom. The monoisotopic (exact) mass is 311 g/mol. The molecule has 104 valence electrons. The standard InChI is InChI=1S/C13H10ClNO4S/c1-20(18,19)9-4-2-3-8(5-9)11-7-15-12(14)6-10(11)13(16)17/h2-7H,1H3,(H,16,17). The molecule has 0 spiro atoms. The minimum absolute atomic E-state index is 0.0318. The van der Waals surface area contributed by atoms with Gasteiger partial charge in [-0.2, -0.15) is 0 Å². The number of carboxylic acids is 1. The summed E-state index contributed by atoms with van der Waals surface area (Å²) in [6.07, 6.45) is 2.40. The van der Waals surface area contributed by atoms with Gasteiger partial charge in [-0.1, -0.05) is 23.7 Å². The van der Waals surface area contributed by atoms with Crippen LogP contribution in [-0.4, -0.2) is 30.7 Å². The Balaban J connectivity index is 2.66. The van der Waals surface area contributed by atoms with Crippen molar-refractivity contribution in [2.45, 2.75) is 4.90 Å². The molecule has 0 amide bonds. The van der Waals surface area contributed by atoms with Crippen LogP contribution in [0.25, 0.3) is 11.1 Å². The molecule has 1 aromatic heterocycles. The van der Waals surface area contributed by atoms with Gasteiger partial charge in [-0.05, 0) is 23.8 Å². The molecule has 7 heteroatoms. The molecule has 2 aromatic rings. The van der Waals surface area contributed by atoms with Crippen molar-refractivity contribution in [1.82, 2.24) is 4.98 Å². The third kappa shape index (κ3) is 2.97. The van der Waals surface area contributed by atoms with E-state index in [9.17, 15) is 18.3 Å². The van der Waals surface area contributed by atoms with Crippen LogP contribution in [0.5, 0.6) is 0 Å². The van der Waals surface area contributed by atoms with E-state index in [1.165, 1.54) is 24.4 Å². The number of carboxylic acid groups (broad SMARTS) is 1. The number of rotatable bonds is 3. The van der Waals surface area contributed by atoms with Gasteiger partial charge in [-0.15, -0.1) is 0 Å². The summed E-state index contributed by atoms with van der Waals surface area (Å²) in [4.78, 5) is 15.2. The van der Waals surface area contributed by atoms with E-state index in [1.807, 2.05) is 0 Å². The Kier molecular flexibility index (Phi) is 3.78. The van der Waals surface area contributed by atoms with Crippen molar-refractivity contribution < 1.29 is 18.3 Å². The lowest BCUT2D eigenvalue weighted by Crippen LogP contribution is -2.02.